The third kappa shape index (κ3) is 2.60. The van der Waals surface area contributed by atoms with Crippen molar-refractivity contribution in [2.75, 3.05) is 13.1 Å². The van der Waals surface area contributed by atoms with Crippen LogP contribution < -0.4 is 0 Å². The van der Waals surface area contributed by atoms with E-state index in [9.17, 15) is 4.79 Å². The number of ketones is 1. The second kappa shape index (κ2) is 4.65. The molecule has 0 N–H and O–H groups in total. The maximum absolute atomic E-state index is 11.4. The molecule has 1 aliphatic carbocycles. The van der Waals surface area contributed by atoms with E-state index in [1.165, 1.54) is 25.9 Å². The Morgan fingerprint density at radius 1 is 1.33 bits per heavy atom. The molecule has 2 rings (SSSR count). The largest absolute Gasteiger partial charge is 0.300 e. The number of hydrogen-bond acceptors (Lipinski definition) is 2. The van der Waals surface area contributed by atoms with Gasteiger partial charge in [0.25, 0.3) is 0 Å². The van der Waals surface area contributed by atoms with Crippen molar-refractivity contribution in [2.24, 2.45) is 11.8 Å². The van der Waals surface area contributed by atoms with E-state index in [1.807, 2.05) is 0 Å². The van der Waals surface area contributed by atoms with Gasteiger partial charge in [-0.25, -0.2) is 0 Å². The molecule has 1 saturated carbocycles. The van der Waals surface area contributed by atoms with E-state index in [4.69, 9.17) is 0 Å². The minimum absolute atomic E-state index is 0.485. The quantitative estimate of drug-likeness (QED) is 0.696. The van der Waals surface area contributed by atoms with Gasteiger partial charge in [0, 0.05) is 25.4 Å². The van der Waals surface area contributed by atoms with Crippen LogP contribution in [0.1, 0.15) is 46.0 Å². The summed E-state index contributed by atoms with van der Waals surface area (Å²) < 4.78 is 0. The number of likely N-dealkylation sites (tertiary alicyclic amines) is 1. The second-order valence-corrected chi connectivity index (χ2v) is 5.58. The summed E-state index contributed by atoms with van der Waals surface area (Å²) in [6.45, 7) is 7.09. The summed E-state index contributed by atoms with van der Waals surface area (Å²) in [4.78, 5) is 14.0. The van der Waals surface area contributed by atoms with Gasteiger partial charge in [-0.1, -0.05) is 13.8 Å². The number of carbonyl (C=O) groups excluding carboxylic acids is 1. The molecule has 1 heterocycles. The maximum Gasteiger partial charge on any atom is 0.134 e. The topological polar surface area (TPSA) is 20.3 Å². The van der Waals surface area contributed by atoms with Gasteiger partial charge < -0.3 is 0 Å². The Balaban J connectivity index is 1.87. The van der Waals surface area contributed by atoms with Crippen LogP contribution in [0.5, 0.6) is 0 Å². The van der Waals surface area contributed by atoms with E-state index in [-0.39, 0.29) is 0 Å². The number of hydrogen-bond donors (Lipinski definition) is 0. The van der Waals surface area contributed by atoms with E-state index in [0.29, 0.717) is 11.8 Å². The molecule has 2 unspecified atom stereocenters. The Morgan fingerprint density at radius 2 is 2.13 bits per heavy atom. The first-order chi connectivity index (χ1) is 7.16. The average Bonchev–Trinajstić information content (AvgIpc) is 2.66. The number of rotatable bonds is 2. The van der Waals surface area contributed by atoms with E-state index >= 15 is 0 Å². The fourth-order valence-electron chi connectivity index (χ4n) is 3.00. The maximum atomic E-state index is 11.4. The molecule has 0 amide bonds. The summed E-state index contributed by atoms with van der Waals surface area (Å²) in [5.41, 5.74) is 0. The van der Waals surface area contributed by atoms with Crippen molar-refractivity contribution < 1.29 is 4.79 Å². The number of carbonyl (C=O) groups is 1. The standard InChI is InChI=1S/C13H23NO/c1-10(2)11-6-7-14(9-11)12-4-3-5-13(15)8-12/h10-12H,3-9H2,1-2H3. The van der Waals surface area contributed by atoms with Crippen LogP contribution in [0.25, 0.3) is 0 Å². The van der Waals surface area contributed by atoms with Crippen LogP contribution in [-0.4, -0.2) is 29.8 Å². The zero-order valence-electron chi connectivity index (χ0n) is 10.0. The molecule has 2 fully saturated rings. The molecule has 1 aliphatic heterocycles. The summed E-state index contributed by atoms with van der Waals surface area (Å²) >= 11 is 0. The van der Waals surface area contributed by atoms with Crippen molar-refractivity contribution in [3.63, 3.8) is 0 Å². The number of nitrogens with zero attached hydrogens (tertiary/aromatic N) is 1. The lowest BCUT2D eigenvalue weighted by Gasteiger charge is -2.30. The van der Waals surface area contributed by atoms with Gasteiger partial charge in [-0.15, -0.1) is 0 Å². The highest BCUT2D eigenvalue weighted by Crippen LogP contribution is 2.29. The van der Waals surface area contributed by atoms with Crippen molar-refractivity contribution in [1.29, 1.82) is 0 Å². The van der Waals surface area contributed by atoms with Gasteiger partial charge in [-0.05, 0) is 37.6 Å². The first-order valence-electron chi connectivity index (χ1n) is 6.42. The van der Waals surface area contributed by atoms with E-state index < -0.39 is 0 Å². The number of Topliss-reactive ketones (excluding diaryl/α,β-unsaturated/α-hetero) is 1. The Bertz CT molecular complexity index is 237. The Morgan fingerprint density at radius 3 is 2.73 bits per heavy atom. The van der Waals surface area contributed by atoms with Crippen molar-refractivity contribution in [1.82, 2.24) is 4.90 Å². The van der Waals surface area contributed by atoms with Crippen LogP contribution in [0.4, 0.5) is 0 Å². The lowest BCUT2D eigenvalue weighted by molar-refractivity contribution is -0.121. The zero-order chi connectivity index (χ0) is 10.8. The van der Waals surface area contributed by atoms with Crippen molar-refractivity contribution in [3.05, 3.63) is 0 Å². The summed E-state index contributed by atoms with van der Waals surface area (Å²) in [6.07, 6.45) is 5.36. The molecule has 2 atom stereocenters. The highest BCUT2D eigenvalue weighted by Gasteiger charge is 2.32. The Hall–Kier alpha value is -0.370. The summed E-state index contributed by atoms with van der Waals surface area (Å²) in [7, 11) is 0. The molecular weight excluding hydrogens is 186 g/mol. The van der Waals surface area contributed by atoms with Gasteiger partial charge in [-0.2, -0.15) is 0 Å². The molecule has 1 saturated heterocycles. The first kappa shape index (κ1) is 11.1. The van der Waals surface area contributed by atoms with Crippen LogP contribution in [0, 0.1) is 11.8 Å². The first-order valence-corrected chi connectivity index (χ1v) is 6.42. The molecular formula is C13H23NO. The van der Waals surface area contributed by atoms with Gasteiger partial charge in [0.15, 0.2) is 0 Å². The molecule has 0 bridgehead atoms. The highest BCUT2D eigenvalue weighted by atomic mass is 16.1. The second-order valence-electron chi connectivity index (χ2n) is 5.58. The van der Waals surface area contributed by atoms with Crippen molar-refractivity contribution >= 4 is 5.78 Å². The molecule has 0 spiro atoms. The smallest absolute Gasteiger partial charge is 0.134 e. The zero-order valence-corrected chi connectivity index (χ0v) is 10.0. The lowest BCUT2D eigenvalue weighted by atomic mass is 9.92. The van der Waals surface area contributed by atoms with E-state index in [2.05, 4.69) is 18.7 Å². The SMILES string of the molecule is CC(C)C1CCN(C2CCCC(=O)C2)C1. The molecule has 0 aromatic rings. The molecule has 15 heavy (non-hydrogen) atoms. The fraction of sp³-hybridized carbons (Fsp3) is 0.923. The van der Waals surface area contributed by atoms with Gasteiger partial charge >= 0.3 is 0 Å². The highest BCUT2D eigenvalue weighted by molar-refractivity contribution is 5.79. The van der Waals surface area contributed by atoms with Gasteiger partial charge in [0.2, 0.25) is 0 Å². The lowest BCUT2D eigenvalue weighted by Crippen LogP contribution is -2.37. The summed E-state index contributed by atoms with van der Waals surface area (Å²) in [5.74, 6) is 2.15. The third-order valence-electron chi connectivity index (χ3n) is 4.17. The van der Waals surface area contributed by atoms with Crippen LogP contribution in [0.15, 0.2) is 0 Å². The predicted octanol–water partition coefficient (Wildman–Crippen LogP) is 2.48. The van der Waals surface area contributed by atoms with Crippen LogP contribution in [0.2, 0.25) is 0 Å². The van der Waals surface area contributed by atoms with Gasteiger partial charge in [-0.3, -0.25) is 9.69 Å². The van der Waals surface area contributed by atoms with Gasteiger partial charge in [0.1, 0.15) is 5.78 Å². The molecule has 2 heteroatoms. The van der Waals surface area contributed by atoms with Crippen LogP contribution in [0.3, 0.4) is 0 Å². The van der Waals surface area contributed by atoms with E-state index in [0.717, 1.165) is 31.1 Å². The minimum Gasteiger partial charge on any atom is -0.300 e. The average molecular weight is 209 g/mol. The predicted molar refractivity (Wildman–Crippen MR) is 61.8 cm³/mol. The fourth-order valence-corrected chi connectivity index (χ4v) is 3.00. The van der Waals surface area contributed by atoms with E-state index in [1.54, 1.807) is 0 Å². The normalized spacial score (nSPS) is 33.9. The molecule has 0 aromatic heterocycles. The van der Waals surface area contributed by atoms with Gasteiger partial charge in [0.05, 0.1) is 0 Å². The monoisotopic (exact) mass is 209 g/mol. The van der Waals surface area contributed by atoms with Crippen LogP contribution >= 0.6 is 0 Å². The molecule has 2 aliphatic rings. The van der Waals surface area contributed by atoms with Crippen molar-refractivity contribution in [2.45, 2.75) is 52.0 Å². The van der Waals surface area contributed by atoms with Crippen molar-refractivity contribution in [3.8, 4) is 0 Å². The molecule has 2 nitrogen and oxygen atoms in total. The summed E-state index contributed by atoms with van der Waals surface area (Å²) in [5, 5.41) is 0. The Kier molecular flexibility index (Phi) is 3.45. The third-order valence-corrected chi connectivity index (χ3v) is 4.17. The van der Waals surface area contributed by atoms with Crippen LogP contribution in [-0.2, 0) is 4.79 Å². The molecule has 86 valence electrons. The Labute approximate surface area is 93.0 Å². The minimum atomic E-state index is 0.485. The molecule has 0 radical (unpaired) electrons. The summed E-state index contributed by atoms with van der Waals surface area (Å²) in [6, 6.07) is 0.579. The molecule has 0 aromatic carbocycles.